The molecule has 1 saturated heterocycles. The Labute approximate surface area is 177 Å². The molecule has 1 fully saturated rings. The van der Waals surface area contributed by atoms with Crippen LogP contribution in [0.15, 0.2) is 41.3 Å². The fourth-order valence-electron chi connectivity index (χ4n) is 3.70. The first kappa shape index (κ1) is 22.0. The third-order valence-electron chi connectivity index (χ3n) is 5.26. The van der Waals surface area contributed by atoms with E-state index in [-0.39, 0.29) is 41.0 Å². The molecule has 3 rings (SSSR count). The highest BCUT2D eigenvalue weighted by molar-refractivity contribution is 7.89. The highest BCUT2D eigenvalue weighted by atomic mass is 32.2. The van der Waals surface area contributed by atoms with Crippen LogP contribution in [0.3, 0.4) is 0 Å². The molecule has 1 aliphatic rings. The zero-order chi connectivity index (χ0) is 22.1. The Morgan fingerprint density at radius 3 is 2.30 bits per heavy atom. The van der Waals surface area contributed by atoms with Crippen LogP contribution in [0, 0.1) is 13.8 Å². The number of hydrogen-bond acceptors (Lipinski definition) is 5. The molecule has 0 spiro atoms. The van der Waals surface area contributed by atoms with Gasteiger partial charge in [0.05, 0.1) is 17.7 Å². The van der Waals surface area contributed by atoms with Gasteiger partial charge in [0, 0.05) is 18.9 Å². The van der Waals surface area contributed by atoms with Crippen molar-refractivity contribution in [2.75, 3.05) is 12.0 Å². The van der Waals surface area contributed by atoms with Gasteiger partial charge in [0.1, 0.15) is 5.75 Å². The van der Waals surface area contributed by atoms with E-state index in [0.29, 0.717) is 6.42 Å². The van der Waals surface area contributed by atoms with Crippen molar-refractivity contribution in [1.82, 2.24) is 4.72 Å². The Bertz CT molecular complexity index is 1080. The van der Waals surface area contributed by atoms with Crippen LogP contribution in [0.1, 0.15) is 48.9 Å². The molecule has 0 saturated carbocycles. The lowest BCUT2D eigenvalue weighted by Crippen LogP contribution is -2.31. The normalized spacial score (nSPS) is 15.5. The summed E-state index contributed by atoms with van der Waals surface area (Å²) in [6, 6.07) is 9.68. The maximum absolute atomic E-state index is 13.1. The summed E-state index contributed by atoms with van der Waals surface area (Å²) in [5, 5.41) is 0. The molecule has 2 amide bonds. The highest BCUT2D eigenvalue weighted by Gasteiger charge is 2.33. The topological polar surface area (TPSA) is 92.8 Å². The molecule has 0 radical (unpaired) electrons. The van der Waals surface area contributed by atoms with Crippen molar-refractivity contribution in [1.29, 1.82) is 0 Å². The number of methoxy groups -OCH3 is 1. The molecule has 2 aromatic carbocycles. The molecule has 0 unspecified atom stereocenters. The maximum Gasteiger partial charge on any atom is 0.241 e. The molecule has 1 N–H and O–H groups in total. The molecule has 1 heterocycles. The van der Waals surface area contributed by atoms with Crippen molar-refractivity contribution in [2.45, 2.75) is 51.0 Å². The van der Waals surface area contributed by atoms with Gasteiger partial charge in [-0.25, -0.2) is 18.0 Å². The number of imide groups is 1. The van der Waals surface area contributed by atoms with Gasteiger partial charge >= 0.3 is 0 Å². The minimum atomic E-state index is -3.91. The molecule has 0 aromatic heterocycles. The fourth-order valence-corrected chi connectivity index (χ4v) is 5.01. The first-order valence-corrected chi connectivity index (χ1v) is 11.3. The molecular formula is C22H26N2O5S. The average Bonchev–Trinajstić information content (AvgIpc) is 3.04. The van der Waals surface area contributed by atoms with Crippen molar-refractivity contribution >= 4 is 27.5 Å². The van der Waals surface area contributed by atoms with E-state index in [1.807, 2.05) is 39.0 Å². The van der Waals surface area contributed by atoms with E-state index in [2.05, 4.69) is 4.72 Å². The number of carbonyl (C=O) groups excluding carboxylic acids is 2. The van der Waals surface area contributed by atoms with E-state index in [1.54, 1.807) is 0 Å². The number of ether oxygens (including phenoxy) is 1. The molecule has 160 valence electrons. The first-order chi connectivity index (χ1) is 14.2. The van der Waals surface area contributed by atoms with Crippen LogP contribution in [-0.4, -0.2) is 27.3 Å². The maximum atomic E-state index is 13.1. The SMILES string of the molecule is CC[C@@H](NS(=O)(=O)c1ccc(OC)c(N2C(=O)CCC2=O)c1)c1ccc(C)cc1C. The number of aryl methyl sites for hydroxylation is 2. The predicted molar refractivity (Wildman–Crippen MR) is 114 cm³/mol. The molecule has 0 aliphatic carbocycles. The Morgan fingerprint density at radius 1 is 1.07 bits per heavy atom. The molecule has 1 atom stereocenters. The first-order valence-electron chi connectivity index (χ1n) is 9.81. The lowest BCUT2D eigenvalue weighted by molar-refractivity contribution is -0.121. The molecular weight excluding hydrogens is 404 g/mol. The molecule has 7 nitrogen and oxygen atoms in total. The number of sulfonamides is 1. The monoisotopic (exact) mass is 430 g/mol. The predicted octanol–water partition coefficient (Wildman–Crippen LogP) is 3.40. The van der Waals surface area contributed by atoms with E-state index in [9.17, 15) is 18.0 Å². The second-order valence-corrected chi connectivity index (χ2v) is 9.11. The third kappa shape index (κ3) is 4.24. The number of nitrogens with one attached hydrogen (secondary N) is 1. The minimum absolute atomic E-state index is 0.0333. The number of rotatable bonds is 7. The Kier molecular flexibility index (Phi) is 6.28. The minimum Gasteiger partial charge on any atom is -0.495 e. The van der Waals surface area contributed by atoms with Crippen LogP contribution in [-0.2, 0) is 19.6 Å². The zero-order valence-electron chi connectivity index (χ0n) is 17.6. The number of benzene rings is 2. The quantitative estimate of drug-likeness (QED) is 0.680. The van der Waals surface area contributed by atoms with Gasteiger partial charge in [0.2, 0.25) is 21.8 Å². The second kappa shape index (κ2) is 8.57. The van der Waals surface area contributed by atoms with Crippen LogP contribution in [0.25, 0.3) is 0 Å². The number of carbonyl (C=O) groups is 2. The fraction of sp³-hybridized carbons (Fsp3) is 0.364. The van der Waals surface area contributed by atoms with E-state index in [0.717, 1.165) is 21.6 Å². The van der Waals surface area contributed by atoms with Gasteiger partial charge in [0.25, 0.3) is 0 Å². The summed E-state index contributed by atoms with van der Waals surface area (Å²) < 4.78 is 34.3. The average molecular weight is 431 g/mol. The van der Waals surface area contributed by atoms with Crippen LogP contribution in [0.2, 0.25) is 0 Å². The van der Waals surface area contributed by atoms with E-state index in [1.165, 1.54) is 25.3 Å². The summed E-state index contributed by atoms with van der Waals surface area (Å²) >= 11 is 0. The molecule has 30 heavy (non-hydrogen) atoms. The van der Waals surface area contributed by atoms with E-state index in [4.69, 9.17) is 4.74 Å². The van der Waals surface area contributed by atoms with Crippen LogP contribution in [0.5, 0.6) is 5.75 Å². The largest absolute Gasteiger partial charge is 0.495 e. The van der Waals surface area contributed by atoms with E-state index < -0.39 is 16.1 Å². The molecule has 1 aliphatic heterocycles. The second-order valence-electron chi connectivity index (χ2n) is 7.40. The lowest BCUT2D eigenvalue weighted by atomic mass is 9.98. The Morgan fingerprint density at radius 2 is 1.73 bits per heavy atom. The van der Waals surface area contributed by atoms with Crippen molar-refractivity contribution < 1.29 is 22.7 Å². The van der Waals surface area contributed by atoms with Gasteiger partial charge in [-0.05, 0) is 49.6 Å². The van der Waals surface area contributed by atoms with Gasteiger partial charge in [-0.3, -0.25) is 9.59 Å². The molecule has 2 aromatic rings. The summed E-state index contributed by atoms with van der Waals surface area (Å²) in [6.45, 7) is 5.85. The van der Waals surface area contributed by atoms with Crippen molar-refractivity contribution in [3.05, 3.63) is 53.1 Å². The standard InChI is InChI=1S/C22H26N2O5S/c1-5-18(17-8-6-14(2)12-15(17)3)23-30(27,28)16-7-9-20(29-4)19(13-16)24-21(25)10-11-22(24)26/h6-9,12-13,18,23H,5,10-11H2,1-4H3/t18-/m1/s1. The number of nitrogens with zero attached hydrogens (tertiary/aromatic N) is 1. The number of anilines is 1. The molecule has 0 bridgehead atoms. The lowest BCUT2D eigenvalue weighted by Gasteiger charge is -2.22. The van der Waals surface area contributed by atoms with Crippen molar-refractivity contribution in [2.24, 2.45) is 0 Å². The van der Waals surface area contributed by atoms with Crippen LogP contribution >= 0.6 is 0 Å². The van der Waals surface area contributed by atoms with E-state index >= 15 is 0 Å². The van der Waals surface area contributed by atoms with Gasteiger partial charge in [-0.2, -0.15) is 0 Å². The smallest absolute Gasteiger partial charge is 0.241 e. The van der Waals surface area contributed by atoms with Crippen LogP contribution in [0.4, 0.5) is 5.69 Å². The summed E-state index contributed by atoms with van der Waals surface area (Å²) in [7, 11) is -2.51. The molecule has 8 heteroatoms. The van der Waals surface area contributed by atoms with Crippen molar-refractivity contribution in [3.8, 4) is 5.75 Å². The van der Waals surface area contributed by atoms with Gasteiger partial charge < -0.3 is 4.74 Å². The highest BCUT2D eigenvalue weighted by Crippen LogP contribution is 2.35. The van der Waals surface area contributed by atoms with Gasteiger partial charge in [0.15, 0.2) is 0 Å². The summed E-state index contributed by atoms with van der Waals surface area (Å²) in [5.41, 5.74) is 3.17. The zero-order valence-corrected chi connectivity index (χ0v) is 18.4. The number of amides is 2. The Hall–Kier alpha value is -2.71. The summed E-state index contributed by atoms with van der Waals surface area (Å²) in [6.07, 6.45) is 0.763. The van der Waals surface area contributed by atoms with Crippen molar-refractivity contribution in [3.63, 3.8) is 0 Å². The van der Waals surface area contributed by atoms with Gasteiger partial charge in [-0.1, -0.05) is 30.7 Å². The van der Waals surface area contributed by atoms with Crippen LogP contribution < -0.4 is 14.4 Å². The summed E-state index contributed by atoms with van der Waals surface area (Å²) in [5.74, 6) is -0.482. The number of hydrogen-bond donors (Lipinski definition) is 1. The Balaban J connectivity index is 1.98. The summed E-state index contributed by atoms with van der Waals surface area (Å²) in [4.78, 5) is 25.3. The third-order valence-corrected chi connectivity index (χ3v) is 6.73. The van der Waals surface area contributed by atoms with Gasteiger partial charge in [-0.15, -0.1) is 0 Å².